The number of hydrogen-bond donors (Lipinski definition) is 2. The highest BCUT2D eigenvalue weighted by Crippen LogP contribution is 2.31. The van der Waals surface area contributed by atoms with E-state index in [1.165, 1.54) is 18.2 Å². The van der Waals surface area contributed by atoms with Gasteiger partial charge >= 0.3 is 0 Å². The Bertz CT molecular complexity index is 960. The van der Waals surface area contributed by atoms with E-state index in [0.717, 1.165) is 12.8 Å². The van der Waals surface area contributed by atoms with E-state index in [9.17, 15) is 19.7 Å². The molecule has 2 aromatic rings. The number of carbonyl (C=O) groups is 2. The van der Waals surface area contributed by atoms with Gasteiger partial charge in [-0.25, -0.2) is 0 Å². The molecule has 0 spiro atoms. The Hall–Kier alpha value is -2.97. The molecule has 1 atom stereocenters. The average molecular weight is 433 g/mol. The molecule has 1 unspecified atom stereocenters. The SMILES string of the molecule is CN(C)c1ccc(C(=O)c2ccccc2C(=O)NCC(N)C2CC2)cc1[N+](=O)[O-].Cl. The summed E-state index contributed by atoms with van der Waals surface area (Å²) >= 11 is 0. The summed E-state index contributed by atoms with van der Waals surface area (Å²) in [6.45, 7) is 0.342. The molecule has 0 heterocycles. The van der Waals surface area contributed by atoms with E-state index in [0.29, 0.717) is 18.2 Å². The Kier molecular flexibility index (Phi) is 7.53. The van der Waals surface area contributed by atoms with Gasteiger partial charge in [0.25, 0.3) is 11.6 Å². The van der Waals surface area contributed by atoms with Gasteiger partial charge < -0.3 is 16.0 Å². The van der Waals surface area contributed by atoms with Crippen LogP contribution in [-0.2, 0) is 0 Å². The molecule has 0 aliphatic heterocycles. The standard InChI is InChI=1S/C21H24N4O4.ClH/c1-24(2)18-10-9-14(11-19(18)25(28)29)20(26)15-5-3-4-6-16(15)21(27)23-12-17(22)13-7-8-13;/h3-6,9-11,13,17H,7-8,12,22H2,1-2H3,(H,23,27);1H. The molecular formula is C21H25ClN4O4. The van der Waals surface area contributed by atoms with E-state index < -0.39 is 10.7 Å². The van der Waals surface area contributed by atoms with Crippen molar-refractivity contribution in [3.63, 3.8) is 0 Å². The normalized spacial score (nSPS) is 13.7. The molecule has 3 N–H and O–H groups in total. The number of carbonyl (C=O) groups excluding carboxylic acids is 2. The number of nitrogens with zero attached hydrogens (tertiary/aromatic N) is 2. The predicted molar refractivity (Wildman–Crippen MR) is 118 cm³/mol. The molecule has 1 amide bonds. The molecular weight excluding hydrogens is 408 g/mol. The Morgan fingerprint density at radius 3 is 2.40 bits per heavy atom. The number of halogens is 1. The van der Waals surface area contributed by atoms with Crippen molar-refractivity contribution in [1.29, 1.82) is 0 Å². The van der Waals surface area contributed by atoms with E-state index in [1.807, 2.05) is 0 Å². The minimum atomic E-state index is -0.524. The number of benzene rings is 2. The maximum Gasteiger partial charge on any atom is 0.293 e. The summed E-state index contributed by atoms with van der Waals surface area (Å²) in [6.07, 6.45) is 2.15. The smallest absolute Gasteiger partial charge is 0.293 e. The largest absolute Gasteiger partial charge is 0.372 e. The van der Waals surface area contributed by atoms with Crippen LogP contribution in [0.5, 0.6) is 0 Å². The molecule has 1 aliphatic rings. The Morgan fingerprint density at radius 2 is 1.83 bits per heavy atom. The average Bonchev–Trinajstić information content (AvgIpc) is 3.56. The summed E-state index contributed by atoms with van der Waals surface area (Å²) in [5.74, 6) is -0.386. The molecule has 9 heteroatoms. The van der Waals surface area contributed by atoms with Crippen LogP contribution in [0.3, 0.4) is 0 Å². The molecule has 0 aromatic heterocycles. The number of amides is 1. The van der Waals surface area contributed by atoms with Crippen LogP contribution in [0.15, 0.2) is 42.5 Å². The maximum absolute atomic E-state index is 13.0. The number of rotatable bonds is 8. The van der Waals surface area contributed by atoms with Gasteiger partial charge in [0.05, 0.1) is 10.5 Å². The van der Waals surface area contributed by atoms with Crippen molar-refractivity contribution in [2.45, 2.75) is 18.9 Å². The molecule has 1 fully saturated rings. The summed E-state index contributed by atoms with van der Waals surface area (Å²) in [7, 11) is 3.38. The first-order valence-electron chi connectivity index (χ1n) is 9.43. The summed E-state index contributed by atoms with van der Waals surface area (Å²) in [6, 6.07) is 10.6. The Morgan fingerprint density at radius 1 is 1.20 bits per heavy atom. The second-order valence-electron chi connectivity index (χ2n) is 7.44. The molecule has 0 bridgehead atoms. The van der Waals surface area contributed by atoms with Crippen molar-refractivity contribution in [3.05, 3.63) is 69.3 Å². The van der Waals surface area contributed by atoms with Crippen LogP contribution >= 0.6 is 12.4 Å². The first-order valence-corrected chi connectivity index (χ1v) is 9.43. The highest BCUT2D eigenvalue weighted by Gasteiger charge is 2.29. The number of ketones is 1. The van der Waals surface area contributed by atoms with Crippen molar-refractivity contribution >= 4 is 35.5 Å². The van der Waals surface area contributed by atoms with Gasteiger partial charge in [0.15, 0.2) is 5.78 Å². The first-order chi connectivity index (χ1) is 13.8. The number of nitro benzene ring substituents is 1. The van der Waals surface area contributed by atoms with E-state index in [1.54, 1.807) is 43.3 Å². The summed E-state index contributed by atoms with van der Waals surface area (Å²) < 4.78 is 0. The second kappa shape index (κ2) is 9.69. The molecule has 0 radical (unpaired) electrons. The summed E-state index contributed by atoms with van der Waals surface area (Å²) in [5, 5.41) is 14.2. The molecule has 1 saturated carbocycles. The van der Waals surface area contributed by atoms with Crippen LogP contribution in [0.2, 0.25) is 0 Å². The van der Waals surface area contributed by atoms with E-state index in [-0.39, 0.29) is 46.7 Å². The molecule has 2 aromatic carbocycles. The lowest BCUT2D eigenvalue weighted by atomic mass is 9.97. The third kappa shape index (κ3) is 5.14. The van der Waals surface area contributed by atoms with Gasteiger partial charge in [-0.05, 0) is 37.0 Å². The third-order valence-corrected chi connectivity index (χ3v) is 5.06. The number of nitrogens with one attached hydrogen (secondary N) is 1. The zero-order chi connectivity index (χ0) is 21.1. The maximum atomic E-state index is 13.0. The van der Waals surface area contributed by atoms with Gasteiger partial charge in [-0.2, -0.15) is 0 Å². The van der Waals surface area contributed by atoms with E-state index in [4.69, 9.17) is 5.73 Å². The van der Waals surface area contributed by atoms with Gasteiger partial charge in [-0.15, -0.1) is 12.4 Å². The lowest BCUT2D eigenvalue weighted by molar-refractivity contribution is -0.384. The highest BCUT2D eigenvalue weighted by atomic mass is 35.5. The number of nitrogens with two attached hydrogens (primary N) is 1. The van der Waals surface area contributed by atoms with E-state index in [2.05, 4.69) is 5.32 Å². The lowest BCUT2D eigenvalue weighted by Crippen LogP contribution is -2.39. The van der Waals surface area contributed by atoms with Crippen LogP contribution in [-0.4, -0.2) is 43.3 Å². The fraction of sp³-hybridized carbons (Fsp3) is 0.333. The van der Waals surface area contributed by atoms with Crippen molar-refractivity contribution in [2.75, 3.05) is 25.5 Å². The minimum absolute atomic E-state index is 0. The highest BCUT2D eigenvalue weighted by molar-refractivity contribution is 6.15. The van der Waals surface area contributed by atoms with Crippen molar-refractivity contribution in [1.82, 2.24) is 5.32 Å². The molecule has 8 nitrogen and oxygen atoms in total. The van der Waals surface area contributed by atoms with E-state index >= 15 is 0 Å². The lowest BCUT2D eigenvalue weighted by Gasteiger charge is -2.15. The summed E-state index contributed by atoms with van der Waals surface area (Å²) in [4.78, 5) is 38.2. The Balaban J connectivity index is 0.00000320. The van der Waals surface area contributed by atoms with Crippen molar-refractivity contribution < 1.29 is 14.5 Å². The topological polar surface area (TPSA) is 119 Å². The van der Waals surface area contributed by atoms with Gasteiger partial charge in [0.1, 0.15) is 5.69 Å². The van der Waals surface area contributed by atoms with Gasteiger partial charge in [0.2, 0.25) is 0 Å². The van der Waals surface area contributed by atoms with Crippen LogP contribution in [0.1, 0.15) is 39.1 Å². The fourth-order valence-electron chi connectivity index (χ4n) is 3.22. The van der Waals surface area contributed by atoms with Crippen LogP contribution in [0, 0.1) is 16.0 Å². The predicted octanol–water partition coefficient (Wildman–Crippen LogP) is 2.78. The van der Waals surface area contributed by atoms with Crippen LogP contribution < -0.4 is 16.0 Å². The molecule has 160 valence electrons. The molecule has 3 rings (SSSR count). The zero-order valence-electron chi connectivity index (χ0n) is 16.8. The zero-order valence-corrected chi connectivity index (χ0v) is 17.6. The monoisotopic (exact) mass is 432 g/mol. The number of nitro groups is 1. The fourth-order valence-corrected chi connectivity index (χ4v) is 3.22. The first kappa shape index (κ1) is 23.3. The minimum Gasteiger partial charge on any atom is -0.372 e. The Labute approximate surface area is 181 Å². The molecule has 30 heavy (non-hydrogen) atoms. The summed E-state index contributed by atoms with van der Waals surface area (Å²) in [5.41, 5.74) is 6.82. The van der Waals surface area contributed by atoms with Crippen LogP contribution in [0.4, 0.5) is 11.4 Å². The quantitative estimate of drug-likeness (QED) is 0.376. The van der Waals surface area contributed by atoms with Crippen molar-refractivity contribution in [3.8, 4) is 0 Å². The number of anilines is 1. The third-order valence-electron chi connectivity index (χ3n) is 5.06. The van der Waals surface area contributed by atoms with Gasteiger partial charge in [0, 0.05) is 43.9 Å². The number of hydrogen-bond acceptors (Lipinski definition) is 6. The van der Waals surface area contributed by atoms with Crippen LogP contribution in [0.25, 0.3) is 0 Å². The van der Waals surface area contributed by atoms with Crippen molar-refractivity contribution in [2.24, 2.45) is 11.7 Å². The molecule has 1 aliphatic carbocycles. The molecule has 0 saturated heterocycles. The second-order valence-corrected chi connectivity index (χ2v) is 7.44. The van der Waals surface area contributed by atoms with Gasteiger partial charge in [-0.1, -0.05) is 18.2 Å². The van der Waals surface area contributed by atoms with Gasteiger partial charge in [-0.3, -0.25) is 19.7 Å².